The molecule has 3 aromatic carbocycles. The molecule has 32 heavy (non-hydrogen) atoms. The van der Waals surface area contributed by atoms with Crippen molar-refractivity contribution in [2.24, 2.45) is 0 Å². The summed E-state index contributed by atoms with van der Waals surface area (Å²) in [5, 5.41) is 1.12. The second-order valence-corrected chi connectivity index (χ2v) is 8.80. The number of aromatic nitrogens is 1. The van der Waals surface area contributed by atoms with Crippen molar-refractivity contribution in [3.05, 3.63) is 101 Å². The Morgan fingerprint density at radius 3 is 2.44 bits per heavy atom. The number of carbonyl (C=O) groups is 2. The molecule has 6 rings (SSSR count). The average Bonchev–Trinajstić information content (AvgIpc) is 3.28. The molecule has 4 aromatic rings. The Balaban J connectivity index is 1.55. The third-order valence-electron chi connectivity index (χ3n) is 6.70. The van der Waals surface area contributed by atoms with Gasteiger partial charge >= 0.3 is 6.03 Å². The van der Waals surface area contributed by atoms with Crippen LogP contribution in [0.25, 0.3) is 10.9 Å². The number of rotatable bonds is 2. The van der Waals surface area contributed by atoms with Crippen LogP contribution in [0.1, 0.15) is 34.0 Å². The molecule has 2 aliphatic heterocycles. The molecule has 1 saturated heterocycles. The third-order valence-corrected chi connectivity index (χ3v) is 6.70. The second kappa shape index (κ2) is 6.82. The maximum Gasteiger partial charge on any atom is 0.332 e. The van der Waals surface area contributed by atoms with Gasteiger partial charge in [-0.05, 0) is 48.7 Å². The number of fused-ring (bicyclic) bond motifs is 4. The SMILES string of the molecule is Cc1ccc([C@@H]2c3[nH]c4ccccc4c3C[C@H]3C(=O)N(c4cccc(C)c4)C(=O)N23)cc1. The van der Waals surface area contributed by atoms with Gasteiger partial charge in [0, 0.05) is 23.0 Å². The highest BCUT2D eigenvalue weighted by Crippen LogP contribution is 2.44. The van der Waals surface area contributed by atoms with Crippen molar-refractivity contribution < 1.29 is 9.59 Å². The lowest BCUT2D eigenvalue weighted by molar-refractivity contribution is -0.120. The van der Waals surface area contributed by atoms with Crippen LogP contribution >= 0.6 is 0 Å². The highest BCUT2D eigenvalue weighted by molar-refractivity contribution is 6.22. The Morgan fingerprint density at radius 1 is 0.875 bits per heavy atom. The first-order chi connectivity index (χ1) is 15.5. The summed E-state index contributed by atoms with van der Waals surface area (Å²) in [6, 6.07) is 22.8. The average molecular weight is 422 g/mol. The van der Waals surface area contributed by atoms with E-state index in [-0.39, 0.29) is 18.0 Å². The zero-order chi connectivity index (χ0) is 22.0. The van der Waals surface area contributed by atoms with Crippen LogP contribution in [0.3, 0.4) is 0 Å². The molecular weight excluding hydrogens is 398 g/mol. The number of aromatic amines is 1. The van der Waals surface area contributed by atoms with Gasteiger partial charge in [-0.3, -0.25) is 9.69 Å². The highest BCUT2D eigenvalue weighted by Gasteiger charge is 2.53. The first kappa shape index (κ1) is 18.9. The molecule has 0 unspecified atom stereocenters. The van der Waals surface area contributed by atoms with E-state index in [1.165, 1.54) is 4.90 Å². The van der Waals surface area contributed by atoms with Gasteiger partial charge in [-0.25, -0.2) is 9.69 Å². The molecule has 158 valence electrons. The van der Waals surface area contributed by atoms with E-state index in [1.807, 2.05) is 56.3 Å². The molecule has 0 radical (unpaired) electrons. The lowest BCUT2D eigenvalue weighted by Crippen LogP contribution is -2.44. The molecule has 0 spiro atoms. The molecule has 2 atom stereocenters. The topological polar surface area (TPSA) is 56.4 Å². The number of para-hydroxylation sites is 1. The van der Waals surface area contributed by atoms with Crippen LogP contribution in [-0.2, 0) is 11.2 Å². The van der Waals surface area contributed by atoms with E-state index in [9.17, 15) is 9.59 Å². The Hall–Kier alpha value is -3.86. The molecule has 0 bridgehead atoms. The minimum Gasteiger partial charge on any atom is -0.356 e. The maximum absolute atomic E-state index is 13.8. The maximum atomic E-state index is 13.8. The minimum atomic E-state index is -0.527. The number of hydrogen-bond donors (Lipinski definition) is 1. The van der Waals surface area contributed by atoms with E-state index in [0.717, 1.165) is 38.9 Å². The van der Waals surface area contributed by atoms with Crippen molar-refractivity contribution in [1.82, 2.24) is 9.88 Å². The summed E-state index contributed by atoms with van der Waals surface area (Å²) in [5.41, 5.74) is 6.96. The Labute approximate surface area is 186 Å². The number of aryl methyl sites for hydroxylation is 2. The number of nitrogens with zero attached hydrogens (tertiary/aromatic N) is 2. The molecular formula is C27H23N3O2. The smallest absolute Gasteiger partial charge is 0.332 e. The molecule has 5 heteroatoms. The van der Waals surface area contributed by atoms with Crippen molar-refractivity contribution >= 4 is 28.5 Å². The molecule has 2 aliphatic rings. The quantitative estimate of drug-likeness (QED) is 0.449. The number of benzene rings is 3. The van der Waals surface area contributed by atoms with Crippen LogP contribution in [0.2, 0.25) is 0 Å². The minimum absolute atomic E-state index is 0.159. The Kier molecular flexibility index (Phi) is 4.02. The number of nitrogens with one attached hydrogen (secondary N) is 1. The van der Waals surface area contributed by atoms with Gasteiger partial charge in [-0.2, -0.15) is 0 Å². The number of urea groups is 1. The van der Waals surface area contributed by atoms with Crippen molar-refractivity contribution in [1.29, 1.82) is 0 Å². The van der Waals surface area contributed by atoms with Crippen molar-refractivity contribution in [2.45, 2.75) is 32.4 Å². The Bertz CT molecular complexity index is 1390. The number of carbonyl (C=O) groups excluding carboxylic acids is 2. The lowest BCUT2D eigenvalue weighted by atomic mass is 9.88. The van der Waals surface area contributed by atoms with Crippen LogP contribution < -0.4 is 4.90 Å². The zero-order valence-corrected chi connectivity index (χ0v) is 18.0. The summed E-state index contributed by atoms with van der Waals surface area (Å²) >= 11 is 0. The van der Waals surface area contributed by atoms with Crippen LogP contribution in [0, 0.1) is 13.8 Å². The summed E-state index contributed by atoms with van der Waals surface area (Å²) in [5.74, 6) is -0.159. The van der Waals surface area contributed by atoms with Crippen molar-refractivity contribution in [3.8, 4) is 0 Å². The fourth-order valence-electron chi connectivity index (χ4n) is 5.17. The predicted molar refractivity (Wildman–Crippen MR) is 125 cm³/mol. The van der Waals surface area contributed by atoms with Gasteiger partial charge in [0.05, 0.1) is 5.69 Å². The van der Waals surface area contributed by atoms with Gasteiger partial charge in [0.15, 0.2) is 0 Å². The molecule has 0 aliphatic carbocycles. The van der Waals surface area contributed by atoms with Gasteiger partial charge in [-0.15, -0.1) is 0 Å². The number of imide groups is 1. The van der Waals surface area contributed by atoms with Crippen molar-refractivity contribution in [2.75, 3.05) is 4.90 Å². The summed E-state index contributed by atoms with van der Waals surface area (Å²) in [6.07, 6.45) is 0.509. The predicted octanol–water partition coefficient (Wildman–Crippen LogP) is 5.27. The van der Waals surface area contributed by atoms with E-state index in [4.69, 9.17) is 0 Å². The summed E-state index contributed by atoms with van der Waals surface area (Å²) in [7, 11) is 0. The molecule has 5 nitrogen and oxygen atoms in total. The van der Waals surface area contributed by atoms with E-state index >= 15 is 0 Å². The molecule has 3 heterocycles. The van der Waals surface area contributed by atoms with Gasteiger partial charge in [0.1, 0.15) is 12.1 Å². The van der Waals surface area contributed by atoms with Gasteiger partial charge in [0.2, 0.25) is 0 Å². The van der Waals surface area contributed by atoms with E-state index in [0.29, 0.717) is 12.1 Å². The number of anilines is 1. The molecule has 1 N–H and O–H groups in total. The summed E-state index contributed by atoms with van der Waals surface area (Å²) < 4.78 is 0. The van der Waals surface area contributed by atoms with Crippen LogP contribution in [0.15, 0.2) is 72.8 Å². The van der Waals surface area contributed by atoms with E-state index < -0.39 is 6.04 Å². The Morgan fingerprint density at radius 2 is 1.66 bits per heavy atom. The lowest BCUT2D eigenvalue weighted by Gasteiger charge is -2.36. The monoisotopic (exact) mass is 421 g/mol. The first-order valence-electron chi connectivity index (χ1n) is 10.9. The number of amides is 3. The summed E-state index contributed by atoms with van der Waals surface area (Å²) in [6.45, 7) is 4.01. The van der Waals surface area contributed by atoms with Gasteiger partial charge in [0.25, 0.3) is 5.91 Å². The second-order valence-electron chi connectivity index (χ2n) is 8.80. The molecule has 1 fully saturated rings. The molecule has 1 aromatic heterocycles. The standard InChI is InChI=1S/C27H23N3O2/c1-16-10-12-18(13-11-16)25-24-21(20-8-3-4-9-22(20)28-24)15-23-26(31)29(27(32)30(23)25)19-7-5-6-17(2)14-19/h3-14,23,25,28H,15H2,1-2H3/t23-,25+/m0/s1. The number of H-pyrrole nitrogens is 1. The fourth-order valence-corrected chi connectivity index (χ4v) is 5.17. The zero-order valence-electron chi connectivity index (χ0n) is 18.0. The largest absolute Gasteiger partial charge is 0.356 e. The van der Waals surface area contributed by atoms with Crippen LogP contribution in [0.5, 0.6) is 0 Å². The molecule has 3 amide bonds. The van der Waals surface area contributed by atoms with Gasteiger partial charge < -0.3 is 4.98 Å². The van der Waals surface area contributed by atoms with E-state index in [2.05, 4.69) is 35.3 Å². The van der Waals surface area contributed by atoms with Gasteiger partial charge in [-0.1, -0.05) is 60.2 Å². The third kappa shape index (κ3) is 2.64. The fraction of sp³-hybridized carbons (Fsp3) is 0.185. The normalized spacial score (nSPS) is 20.1. The highest BCUT2D eigenvalue weighted by atomic mass is 16.2. The molecule has 0 saturated carbocycles. The van der Waals surface area contributed by atoms with Crippen LogP contribution in [-0.4, -0.2) is 27.9 Å². The number of hydrogen-bond acceptors (Lipinski definition) is 2. The first-order valence-corrected chi connectivity index (χ1v) is 10.9. The van der Waals surface area contributed by atoms with Crippen molar-refractivity contribution in [3.63, 3.8) is 0 Å². The summed E-state index contributed by atoms with van der Waals surface area (Å²) in [4.78, 5) is 34.1. The van der Waals surface area contributed by atoms with Crippen LogP contribution in [0.4, 0.5) is 10.5 Å². The van der Waals surface area contributed by atoms with E-state index in [1.54, 1.807) is 4.90 Å².